The van der Waals surface area contributed by atoms with Crippen LogP contribution in [-0.4, -0.2) is 17.4 Å². The molecule has 0 radical (unpaired) electrons. The summed E-state index contributed by atoms with van der Waals surface area (Å²) in [6.45, 7) is 1.24. The Morgan fingerprint density at radius 2 is 2.10 bits per heavy atom. The minimum atomic E-state index is -1.45. The molecule has 0 fully saturated rings. The first-order chi connectivity index (χ1) is 4.63. The Hall–Kier alpha value is 0.0144. The molecule has 0 saturated carbocycles. The molecule has 0 aromatic rings. The number of Topliss-reactive ketones (excluding diaryl/α,β-unsaturated/α-hetero) is 2. The predicted octanol–water partition coefficient (Wildman–Crippen LogP) is 0.600. The Morgan fingerprint density at radius 3 is 2.20 bits per heavy atom. The van der Waals surface area contributed by atoms with Crippen LogP contribution in [0.1, 0.15) is 6.92 Å². The molecule has 0 aliphatic heterocycles. The molecule has 1 unspecified atom stereocenters. The summed E-state index contributed by atoms with van der Waals surface area (Å²) in [7, 11) is 0. The molecular formula is C5H6ClO3V. The van der Waals surface area contributed by atoms with Crippen molar-refractivity contribution in [2.24, 2.45) is 0 Å². The van der Waals surface area contributed by atoms with Crippen molar-refractivity contribution in [2.75, 3.05) is 5.88 Å². The molecule has 0 spiro atoms. The molecule has 3 nitrogen and oxygen atoms in total. The molecule has 0 aliphatic rings. The zero-order valence-electron chi connectivity index (χ0n) is 5.33. The molecule has 0 aliphatic carbocycles. The van der Waals surface area contributed by atoms with Gasteiger partial charge in [0, 0.05) is 0 Å². The molecular weight excluding hydrogens is 194 g/mol. The van der Waals surface area contributed by atoms with Crippen LogP contribution < -0.4 is 0 Å². The second kappa shape index (κ2) is 4.77. The standard InChI is InChI=1S/C5H6ClO2.O.V/c1-4(7)2-5(8)3-6;;/h2H,3H2,1H3;;. The average molecular weight is 200 g/mol. The van der Waals surface area contributed by atoms with E-state index in [9.17, 15) is 13.3 Å². The molecule has 0 aromatic carbocycles. The summed E-state index contributed by atoms with van der Waals surface area (Å²) in [5.41, 5.74) is 0. The average Bonchev–Trinajstić information content (AvgIpc) is 1.88. The van der Waals surface area contributed by atoms with E-state index < -0.39 is 26.7 Å². The Bertz CT molecular complexity index is 168. The van der Waals surface area contributed by atoms with Gasteiger partial charge in [-0.2, -0.15) is 0 Å². The summed E-state index contributed by atoms with van der Waals surface area (Å²) in [5, 5.41) is 0. The van der Waals surface area contributed by atoms with Gasteiger partial charge >= 0.3 is 70.1 Å². The van der Waals surface area contributed by atoms with Gasteiger partial charge in [-0.25, -0.2) is 0 Å². The molecule has 1 atom stereocenters. The minimum absolute atomic E-state index is 0.234. The van der Waals surface area contributed by atoms with Gasteiger partial charge in [0.05, 0.1) is 0 Å². The third-order valence-electron chi connectivity index (χ3n) is 0.927. The van der Waals surface area contributed by atoms with Crippen molar-refractivity contribution in [1.29, 1.82) is 0 Å². The van der Waals surface area contributed by atoms with Crippen molar-refractivity contribution < 1.29 is 29.5 Å². The van der Waals surface area contributed by atoms with Crippen LogP contribution >= 0.6 is 11.6 Å². The van der Waals surface area contributed by atoms with Crippen LogP contribution in [0.2, 0.25) is 4.63 Å². The van der Waals surface area contributed by atoms with E-state index in [2.05, 4.69) is 0 Å². The summed E-state index contributed by atoms with van der Waals surface area (Å²) in [6.07, 6.45) is 0. The van der Waals surface area contributed by atoms with Crippen LogP contribution in [0.15, 0.2) is 0 Å². The monoisotopic (exact) mass is 200 g/mol. The fourth-order valence-electron chi connectivity index (χ4n) is 0.433. The van der Waals surface area contributed by atoms with Gasteiger partial charge in [-0.3, -0.25) is 0 Å². The first kappa shape index (κ1) is 10.0. The van der Waals surface area contributed by atoms with Gasteiger partial charge in [-0.05, 0) is 0 Å². The van der Waals surface area contributed by atoms with Crippen molar-refractivity contribution in [3.8, 4) is 0 Å². The Labute approximate surface area is 70.4 Å². The number of carbonyl (C=O) groups excluding carboxylic acids is 2. The summed E-state index contributed by atoms with van der Waals surface area (Å²) in [6, 6.07) is 0. The van der Waals surface area contributed by atoms with Gasteiger partial charge in [-0.15, -0.1) is 0 Å². The Morgan fingerprint density at radius 1 is 1.60 bits per heavy atom. The fraction of sp³-hybridized carbons (Fsp3) is 0.600. The summed E-state index contributed by atoms with van der Waals surface area (Å²) in [5.74, 6) is -1.04. The molecule has 0 N–H and O–H groups in total. The molecule has 0 bridgehead atoms. The summed E-state index contributed by atoms with van der Waals surface area (Å²) < 4.78 is 9.33. The number of hydrogen-bond acceptors (Lipinski definition) is 3. The van der Waals surface area contributed by atoms with E-state index >= 15 is 0 Å². The van der Waals surface area contributed by atoms with Crippen molar-refractivity contribution in [1.82, 2.24) is 0 Å². The normalized spacial score (nSPS) is 12.2. The van der Waals surface area contributed by atoms with Gasteiger partial charge in [0.15, 0.2) is 0 Å². The first-order valence-corrected chi connectivity index (χ1v) is 4.46. The van der Waals surface area contributed by atoms with Crippen molar-refractivity contribution in [3.05, 3.63) is 0 Å². The van der Waals surface area contributed by atoms with Gasteiger partial charge in [0.2, 0.25) is 0 Å². The molecule has 0 aromatic heterocycles. The third-order valence-corrected chi connectivity index (χ3v) is 2.54. The number of ketones is 2. The summed E-state index contributed by atoms with van der Waals surface area (Å²) >= 11 is 3.70. The van der Waals surface area contributed by atoms with Gasteiger partial charge < -0.3 is 0 Å². The Balaban J connectivity index is 4.20. The Kier molecular flexibility index (Phi) is 4.78. The maximum absolute atomic E-state index is 10.7. The van der Waals surface area contributed by atoms with Crippen molar-refractivity contribution >= 4 is 23.2 Å². The number of rotatable bonds is 4. The topological polar surface area (TPSA) is 51.2 Å². The van der Waals surface area contributed by atoms with Crippen LogP contribution in [0.4, 0.5) is 0 Å². The zero-order chi connectivity index (χ0) is 8.15. The van der Waals surface area contributed by atoms with Crippen LogP contribution in [0.25, 0.3) is 0 Å². The quantitative estimate of drug-likeness (QED) is 0.493. The van der Waals surface area contributed by atoms with Gasteiger partial charge in [0.25, 0.3) is 0 Å². The van der Waals surface area contributed by atoms with E-state index in [1.165, 1.54) is 6.92 Å². The number of carbonyl (C=O) groups is 2. The fourth-order valence-corrected chi connectivity index (χ4v) is 1.32. The van der Waals surface area contributed by atoms with Gasteiger partial charge in [-0.1, -0.05) is 0 Å². The molecule has 10 heavy (non-hydrogen) atoms. The molecule has 56 valence electrons. The molecule has 5 heteroatoms. The second-order valence-electron chi connectivity index (χ2n) is 1.72. The number of halogens is 1. The molecule has 0 rings (SSSR count). The number of hydrogen-bond donors (Lipinski definition) is 0. The first-order valence-electron chi connectivity index (χ1n) is 2.55. The number of alkyl halides is 1. The van der Waals surface area contributed by atoms with Crippen LogP contribution in [-0.2, 0) is 29.5 Å². The zero-order valence-corrected chi connectivity index (χ0v) is 7.49. The molecule has 0 saturated heterocycles. The van der Waals surface area contributed by atoms with Crippen LogP contribution in [0.3, 0.4) is 0 Å². The van der Waals surface area contributed by atoms with Crippen LogP contribution in [0.5, 0.6) is 0 Å². The molecule has 0 amide bonds. The van der Waals surface area contributed by atoms with Crippen molar-refractivity contribution in [3.63, 3.8) is 0 Å². The van der Waals surface area contributed by atoms with Crippen LogP contribution in [0, 0.1) is 0 Å². The van der Waals surface area contributed by atoms with E-state index in [1.54, 1.807) is 0 Å². The third kappa shape index (κ3) is 2.73. The van der Waals surface area contributed by atoms with E-state index in [0.717, 1.165) is 0 Å². The second-order valence-corrected chi connectivity index (χ2v) is 3.12. The SMILES string of the molecule is CC(=O)[CH]([V]=[O])C(=O)CCl. The maximum atomic E-state index is 10.7. The van der Waals surface area contributed by atoms with E-state index in [-0.39, 0.29) is 11.7 Å². The van der Waals surface area contributed by atoms with E-state index in [1.807, 2.05) is 0 Å². The van der Waals surface area contributed by atoms with E-state index in [0.29, 0.717) is 0 Å². The molecule has 0 heterocycles. The van der Waals surface area contributed by atoms with E-state index in [4.69, 9.17) is 11.6 Å². The predicted molar refractivity (Wildman–Crippen MR) is 30.8 cm³/mol. The summed E-state index contributed by atoms with van der Waals surface area (Å²) in [4.78, 5) is 21.2. The van der Waals surface area contributed by atoms with Crippen molar-refractivity contribution in [2.45, 2.75) is 11.6 Å². The van der Waals surface area contributed by atoms with Gasteiger partial charge in [0.1, 0.15) is 0 Å².